The first kappa shape index (κ1) is 23.0. The molecule has 6 heterocycles. The molecule has 3 N–H and O–H groups in total. The molecule has 10 heteroatoms. The average Bonchev–Trinajstić information content (AvgIpc) is 3.62. The summed E-state index contributed by atoms with van der Waals surface area (Å²) in [4.78, 5) is 39.9. The van der Waals surface area contributed by atoms with Crippen LogP contribution in [0.5, 0.6) is 0 Å². The van der Waals surface area contributed by atoms with Crippen LogP contribution < -0.4 is 10.6 Å². The third kappa shape index (κ3) is 4.58. The molecule has 1 aliphatic heterocycles. The van der Waals surface area contributed by atoms with Crippen LogP contribution in [-0.4, -0.2) is 43.2 Å². The van der Waals surface area contributed by atoms with Gasteiger partial charge in [-0.1, -0.05) is 19.4 Å². The number of thiophene rings is 1. The van der Waals surface area contributed by atoms with Crippen LogP contribution in [0.3, 0.4) is 0 Å². The molecule has 0 aromatic carbocycles. The van der Waals surface area contributed by atoms with Gasteiger partial charge in [-0.05, 0) is 36.1 Å². The Bertz CT molecular complexity index is 1620. The number of unbranched alkanes of at least 4 members (excludes halogenated alkanes) is 1. The molecule has 6 rings (SSSR count). The highest BCUT2D eigenvalue weighted by Gasteiger charge is 2.22. The second-order valence-electron chi connectivity index (χ2n) is 8.69. The van der Waals surface area contributed by atoms with Gasteiger partial charge in [0.2, 0.25) is 5.91 Å². The lowest BCUT2D eigenvalue weighted by molar-refractivity contribution is -0.116. The molecule has 1 amide bonds. The molecule has 37 heavy (non-hydrogen) atoms. The number of amides is 1. The van der Waals surface area contributed by atoms with Gasteiger partial charge in [0.1, 0.15) is 23.6 Å². The van der Waals surface area contributed by atoms with E-state index < -0.39 is 0 Å². The van der Waals surface area contributed by atoms with E-state index >= 15 is 0 Å². The molecule has 5 aromatic rings. The first-order valence-corrected chi connectivity index (χ1v) is 13.0. The predicted molar refractivity (Wildman–Crippen MR) is 147 cm³/mol. The third-order valence-electron chi connectivity index (χ3n) is 6.12. The van der Waals surface area contributed by atoms with Crippen LogP contribution in [0.25, 0.3) is 32.9 Å². The molecule has 9 nitrogen and oxygen atoms in total. The minimum absolute atomic E-state index is 0.0147. The number of nitrogens with one attached hydrogen (secondary N) is 3. The molecule has 0 aliphatic carbocycles. The van der Waals surface area contributed by atoms with Crippen LogP contribution in [0, 0.1) is 0 Å². The highest BCUT2D eigenvalue weighted by molar-refractivity contribution is 7.13. The zero-order chi connectivity index (χ0) is 25.2. The van der Waals surface area contributed by atoms with Gasteiger partial charge in [0.15, 0.2) is 5.82 Å². The molecule has 0 bridgehead atoms. The summed E-state index contributed by atoms with van der Waals surface area (Å²) in [6, 6.07) is 9.85. The van der Waals surface area contributed by atoms with Crippen molar-refractivity contribution in [3.63, 3.8) is 0 Å². The zero-order valence-corrected chi connectivity index (χ0v) is 21.0. The standard InChI is InChI=1S/C27H24N8OS/c1-2-3-6-23(36)33-17-10-16(12-28-13-17)20-11-18-21(14-30-20)31-15-32-24(18)27-34-19-7-8-29-26(25(19)35-27)22-5-4-9-37-22/h4-5,7-14,31H,2-3,6,15H2,1H3,(H,33,36)(H,34,35). The van der Waals surface area contributed by atoms with Gasteiger partial charge in [0, 0.05) is 29.9 Å². The number of hydrogen-bond acceptors (Lipinski definition) is 8. The molecule has 0 atom stereocenters. The number of H-pyrrole nitrogens is 1. The SMILES string of the molecule is CCCCC(=O)Nc1cncc(-c2cc3c(cn2)NCN=C3c2nc3c(-c4cccs4)nccc3[nH]2)c1. The van der Waals surface area contributed by atoms with Crippen molar-refractivity contribution in [2.75, 3.05) is 17.3 Å². The van der Waals surface area contributed by atoms with Crippen molar-refractivity contribution >= 4 is 45.4 Å². The molecule has 0 saturated heterocycles. The fourth-order valence-corrected chi connectivity index (χ4v) is 5.01. The lowest BCUT2D eigenvalue weighted by Gasteiger charge is -2.18. The summed E-state index contributed by atoms with van der Waals surface area (Å²) < 4.78 is 0. The highest BCUT2D eigenvalue weighted by Crippen LogP contribution is 2.31. The van der Waals surface area contributed by atoms with Crippen LogP contribution in [-0.2, 0) is 4.79 Å². The quantitative estimate of drug-likeness (QED) is 0.267. The lowest BCUT2D eigenvalue weighted by Crippen LogP contribution is -2.18. The predicted octanol–water partition coefficient (Wildman–Crippen LogP) is 5.49. The smallest absolute Gasteiger partial charge is 0.224 e. The van der Waals surface area contributed by atoms with Crippen LogP contribution >= 0.6 is 11.3 Å². The van der Waals surface area contributed by atoms with E-state index in [1.807, 2.05) is 35.7 Å². The van der Waals surface area contributed by atoms with Crippen molar-refractivity contribution < 1.29 is 4.79 Å². The lowest BCUT2D eigenvalue weighted by atomic mass is 10.0. The summed E-state index contributed by atoms with van der Waals surface area (Å²) in [5, 5.41) is 8.25. The van der Waals surface area contributed by atoms with Gasteiger partial charge < -0.3 is 15.6 Å². The average molecular weight is 509 g/mol. The van der Waals surface area contributed by atoms with Crippen molar-refractivity contribution in [2.24, 2.45) is 4.99 Å². The first-order chi connectivity index (χ1) is 18.2. The Kier molecular flexibility index (Phi) is 6.15. The number of aromatic amines is 1. The summed E-state index contributed by atoms with van der Waals surface area (Å²) in [7, 11) is 0. The zero-order valence-electron chi connectivity index (χ0n) is 20.2. The van der Waals surface area contributed by atoms with Gasteiger partial charge in [-0.25, -0.2) is 4.98 Å². The summed E-state index contributed by atoms with van der Waals surface area (Å²) in [6.07, 6.45) is 9.29. The Morgan fingerprint density at radius 2 is 2.11 bits per heavy atom. The Balaban J connectivity index is 1.35. The number of aromatic nitrogens is 5. The molecular weight excluding hydrogens is 484 g/mol. The van der Waals surface area contributed by atoms with E-state index in [4.69, 9.17) is 9.98 Å². The Morgan fingerprint density at radius 1 is 1.16 bits per heavy atom. The number of fused-ring (bicyclic) bond motifs is 2. The summed E-state index contributed by atoms with van der Waals surface area (Å²) in [5.74, 6) is 0.662. The van der Waals surface area contributed by atoms with E-state index in [2.05, 4.69) is 37.5 Å². The first-order valence-electron chi connectivity index (χ1n) is 12.1. The topological polar surface area (TPSA) is 121 Å². The van der Waals surface area contributed by atoms with Crippen LogP contribution in [0.1, 0.15) is 37.6 Å². The van der Waals surface area contributed by atoms with Crippen LogP contribution in [0.2, 0.25) is 0 Å². The van der Waals surface area contributed by atoms with E-state index in [0.717, 1.165) is 62.7 Å². The molecule has 184 valence electrons. The maximum Gasteiger partial charge on any atom is 0.224 e. The summed E-state index contributed by atoms with van der Waals surface area (Å²) >= 11 is 1.64. The van der Waals surface area contributed by atoms with Crippen molar-refractivity contribution in [3.05, 3.63) is 71.9 Å². The maximum absolute atomic E-state index is 12.2. The minimum Gasteiger partial charge on any atom is -0.364 e. The van der Waals surface area contributed by atoms with Crippen molar-refractivity contribution in [1.82, 2.24) is 24.9 Å². The highest BCUT2D eigenvalue weighted by atomic mass is 32.1. The molecule has 0 radical (unpaired) electrons. The number of hydrogen-bond donors (Lipinski definition) is 3. The van der Waals surface area contributed by atoms with Crippen LogP contribution in [0.4, 0.5) is 11.4 Å². The number of aliphatic imine (C=N–C) groups is 1. The second kappa shape index (κ2) is 9.90. The van der Waals surface area contributed by atoms with Gasteiger partial charge >= 0.3 is 0 Å². The van der Waals surface area contributed by atoms with Gasteiger partial charge in [0.05, 0.1) is 39.9 Å². The van der Waals surface area contributed by atoms with Crippen molar-refractivity contribution in [3.8, 4) is 21.8 Å². The summed E-state index contributed by atoms with van der Waals surface area (Å²) in [5.41, 5.74) is 7.26. The number of anilines is 2. The van der Waals surface area contributed by atoms with Crippen molar-refractivity contribution in [1.29, 1.82) is 0 Å². The van der Waals surface area contributed by atoms with E-state index in [-0.39, 0.29) is 5.91 Å². The number of nitrogens with zero attached hydrogens (tertiary/aromatic N) is 5. The van der Waals surface area contributed by atoms with E-state index in [1.165, 1.54) is 0 Å². The number of imidazole rings is 1. The Hall–Kier alpha value is -4.44. The van der Waals surface area contributed by atoms with Gasteiger partial charge in [-0.15, -0.1) is 11.3 Å². The van der Waals surface area contributed by atoms with E-state index in [1.54, 1.807) is 36.1 Å². The Morgan fingerprint density at radius 3 is 2.97 bits per heavy atom. The number of carbonyl (C=O) groups is 1. The van der Waals surface area contributed by atoms with Crippen LogP contribution in [0.15, 0.2) is 65.5 Å². The molecule has 0 saturated carbocycles. The molecule has 1 aliphatic rings. The van der Waals surface area contributed by atoms with E-state index in [9.17, 15) is 4.79 Å². The van der Waals surface area contributed by atoms with Gasteiger partial charge in [-0.2, -0.15) is 0 Å². The maximum atomic E-state index is 12.2. The van der Waals surface area contributed by atoms with Gasteiger partial charge in [-0.3, -0.25) is 24.7 Å². The molecule has 0 fully saturated rings. The minimum atomic E-state index is -0.0147. The molecular formula is C27H24N8OS. The number of rotatable bonds is 7. The third-order valence-corrected chi connectivity index (χ3v) is 7.00. The molecule has 5 aromatic heterocycles. The molecule has 0 spiro atoms. The largest absolute Gasteiger partial charge is 0.364 e. The monoisotopic (exact) mass is 508 g/mol. The number of pyridine rings is 3. The van der Waals surface area contributed by atoms with Crippen molar-refractivity contribution in [2.45, 2.75) is 26.2 Å². The molecule has 0 unspecified atom stereocenters. The van der Waals surface area contributed by atoms with Gasteiger partial charge in [0.25, 0.3) is 0 Å². The number of carbonyl (C=O) groups excluding carboxylic acids is 1. The fourth-order valence-electron chi connectivity index (χ4n) is 4.29. The summed E-state index contributed by atoms with van der Waals surface area (Å²) in [6.45, 7) is 2.49. The van der Waals surface area contributed by atoms with E-state index in [0.29, 0.717) is 24.6 Å². The second-order valence-corrected chi connectivity index (χ2v) is 9.64. The Labute approximate surface area is 217 Å². The normalized spacial score (nSPS) is 12.6. The fraction of sp³-hybridized carbons (Fsp3) is 0.185.